The summed E-state index contributed by atoms with van der Waals surface area (Å²) in [5, 5.41) is 18.0. The van der Waals surface area contributed by atoms with Crippen LogP contribution in [0.5, 0.6) is 0 Å². The molecule has 0 amide bonds. The Balaban J connectivity index is 1.48. The number of rotatable bonds is 5. The molecule has 0 aliphatic carbocycles. The lowest BCUT2D eigenvalue weighted by molar-refractivity contribution is 0.425. The average molecular weight is 390 g/mol. The van der Waals surface area contributed by atoms with Crippen LogP contribution in [0.3, 0.4) is 0 Å². The van der Waals surface area contributed by atoms with Crippen molar-refractivity contribution >= 4 is 34.7 Å². The minimum Gasteiger partial charge on any atom is -0.334 e. The molecule has 0 unspecified atom stereocenters. The summed E-state index contributed by atoms with van der Waals surface area (Å²) in [6.07, 6.45) is 0. The predicted molar refractivity (Wildman–Crippen MR) is 98.6 cm³/mol. The van der Waals surface area contributed by atoms with Crippen molar-refractivity contribution in [2.24, 2.45) is 7.05 Å². The Hall–Kier alpha value is -2.16. The highest BCUT2D eigenvalue weighted by Crippen LogP contribution is 2.26. The molecular weight excluding hydrogens is 378 g/mol. The van der Waals surface area contributed by atoms with Gasteiger partial charge < -0.3 is 9.09 Å². The Morgan fingerprint density at radius 2 is 2.00 bits per heavy atom. The summed E-state index contributed by atoms with van der Waals surface area (Å²) in [5.74, 6) is 2.50. The molecule has 0 spiro atoms. The third kappa shape index (κ3) is 3.46. The first-order valence-electron chi connectivity index (χ1n) is 7.34. The first-order valence-corrected chi connectivity index (χ1v) is 9.64. The molecule has 0 fully saturated rings. The van der Waals surface area contributed by atoms with Gasteiger partial charge in [-0.1, -0.05) is 28.5 Å². The number of nitrogens with zero attached hydrogens (tertiary/aromatic N) is 5. The first-order chi connectivity index (χ1) is 12.2. The Bertz CT molecular complexity index is 979. The summed E-state index contributed by atoms with van der Waals surface area (Å²) < 4.78 is 7.23. The van der Waals surface area contributed by atoms with E-state index in [4.69, 9.17) is 16.1 Å². The molecule has 4 aromatic rings. The molecule has 0 bridgehead atoms. The highest BCUT2D eigenvalue weighted by Gasteiger charge is 2.14. The second-order valence-electron chi connectivity index (χ2n) is 5.19. The van der Waals surface area contributed by atoms with Gasteiger partial charge in [0.2, 0.25) is 0 Å². The van der Waals surface area contributed by atoms with Crippen LogP contribution in [0, 0.1) is 0 Å². The molecule has 0 saturated heterocycles. The summed E-state index contributed by atoms with van der Waals surface area (Å²) in [5.41, 5.74) is 1.91. The van der Waals surface area contributed by atoms with E-state index in [1.807, 2.05) is 52.7 Å². The topological polar surface area (TPSA) is 69.6 Å². The fraction of sp³-hybridized carbons (Fsp3) is 0.125. The Morgan fingerprint density at radius 1 is 1.16 bits per heavy atom. The monoisotopic (exact) mass is 389 g/mol. The maximum atomic E-state index is 5.93. The number of benzene rings is 1. The van der Waals surface area contributed by atoms with Gasteiger partial charge in [-0.05, 0) is 35.7 Å². The molecular formula is C16H12ClN5OS2. The zero-order valence-corrected chi connectivity index (χ0v) is 15.5. The molecule has 0 atom stereocenters. The molecule has 0 saturated carbocycles. The lowest BCUT2D eigenvalue weighted by Gasteiger charge is -2.03. The number of thioether (sulfide) groups is 1. The van der Waals surface area contributed by atoms with E-state index in [2.05, 4.69) is 20.3 Å². The van der Waals surface area contributed by atoms with E-state index < -0.39 is 0 Å². The third-order valence-electron chi connectivity index (χ3n) is 3.50. The fourth-order valence-corrected chi connectivity index (χ4v) is 3.75. The van der Waals surface area contributed by atoms with E-state index >= 15 is 0 Å². The minimum atomic E-state index is 0.539. The average Bonchev–Trinajstić information content (AvgIpc) is 3.35. The molecule has 0 N–H and O–H groups in total. The SMILES string of the molecule is Cn1c(SCc2noc(-c3ccsc3)n2)nnc1-c1ccc(Cl)cc1. The van der Waals surface area contributed by atoms with Crippen LogP contribution in [0.25, 0.3) is 22.8 Å². The molecule has 9 heteroatoms. The van der Waals surface area contributed by atoms with Crippen molar-refractivity contribution in [2.75, 3.05) is 0 Å². The molecule has 0 aliphatic heterocycles. The lowest BCUT2D eigenvalue weighted by atomic mass is 10.2. The number of thiophene rings is 1. The number of halogens is 1. The Labute approximate surface area is 156 Å². The van der Waals surface area contributed by atoms with Crippen molar-refractivity contribution in [1.29, 1.82) is 0 Å². The van der Waals surface area contributed by atoms with Gasteiger partial charge in [-0.25, -0.2) is 0 Å². The van der Waals surface area contributed by atoms with E-state index in [1.165, 1.54) is 11.8 Å². The first kappa shape index (κ1) is 16.3. The van der Waals surface area contributed by atoms with Crippen LogP contribution < -0.4 is 0 Å². The number of aromatic nitrogens is 5. The van der Waals surface area contributed by atoms with Crippen molar-refractivity contribution in [3.8, 4) is 22.8 Å². The second-order valence-corrected chi connectivity index (χ2v) is 7.35. The largest absolute Gasteiger partial charge is 0.334 e. The molecule has 3 aromatic heterocycles. The Kier molecular flexibility index (Phi) is 4.56. The van der Waals surface area contributed by atoms with Gasteiger partial charge in [-0.15, -0.1) is 10.2 Å². The van der Waals surface area contributed by atoms with Crippen LogP contribution in [0.1, 0.15) is 5.82 Å². The molecule has 1 aromatic carbocycles. The normalized spacial score (nSPS) is 11.1. The molecule has 0 aliphatic rings. The smallest absolute Gasteiger partial charge is 0.258 e. The van der Waals surface area contributed by atoms with E-state index in [0.717, 1.165) is 22.1 Å². The van der Waals surface area contributed by atoms with Crippen LogP contribution in [0.15, 0.2) is 50.8 Å². The third-order valence-corrected chi connectivity index (χ3v) is 5.46. The predicted octanol–water partition coefficient (Wildman–Crippen LogP) is 4.54. The van der Waals surface area contributed by atoms with Crippen molar-refractivity contribution in [3.05, 3.63) is 51.9 Å². The quantitative estimate of drug-likeness (QED) is 0.467. The zero-order chi connectivity index (χ0) is 17.2. The molecule has 3 heterocycles. The van der Waals surface area contributed by atoms with Crippen molar-refractivity contribution < 1.29 is 4.52 Å². The van der Waals surface area contributed by atoms with Gasteiger partial charge in [0, 0.05) is 23.0 Å². The van der Waals surface area contributed by atoms with Crippen molar-refractivity contribution in [3.63, 3.8) is 0 Å². The zero-order valence-electron chi connectivity index (χ0n) is 13.1. The molecule has 4 rings (SSSR count). The molecule has 25 heavy (non-hydrogen) atoms. The van der Waals surface area contributed by atoms with Crippen LogP contribution >= 0.6 is 34.7 Å². The van der Waals surface area contributed by atoms with Gasteiger partial charge in [0.1, 0.15) is 0 Å². The number of hydrogen-bond acceptors (Lipinski definition) is 7. The van der Waals surface area contributed by atoms with Crippen LogP contribution in [-0.4, -0.2) is 24.9 Å². The second kappa shape index (κ2) is 6.99. The highest BCUT2D eigenvalue weighted by molar-refractivity contribution is 7.98. The summed E-state index contributed by atoms with van der Waals surface area (Å²) >= 11 is 9.04. The van der Waals surface area contributed by atoms with E-state index in [-0.39, 0.29) is 0 Å². The van der Waals surface area contributed by atoms with Crippen LogP contribution in [0.2, 0.25) is 5.02 Å². The van der Waals surface area contributed by atoms with Crippen LogP contribution in [0.4, 0.5) is 0 Å². The van der Waals surface area contributed by atoms with Gasteiger partial charge in [-0.3, -0.25) is 0 Å². The number of hydrogen-bond donors (Lipinski definition) is 0. The lowest BCUT2D eigenvalue weighted by Crippen LogP contribution is -1.95. The van der Waals surface area contributed by atoms with Crippen molar-refractivity contribution in [2.45, 2.75) is 10.9 Å². The van der Waals surface area contributed by atoms with Gasteiger partial charge >= 0.3 is 0 Å². The summed E-state index contributed by atoms with van der Waals surface area (Å²) in [7, 11) is 1.93. The molecule has 126 valence electrons. The van der Waals surface area contributed by atoms with Crippen molar-refractivity contribution in [1.82, 2.24) is 24.9 Å². The van der Waals surface area contributed by atoms with Crippen LogP contribution in [-0.2, 0) is 12.8 Å². The van der Waals surface area contributed by atoms with Gasteiger partial charge in [0.05, 0.1) is 11.3 Å². The van der Waals surface area contributed by atoms with Gasteiger partial charge in [-0.2, -0.15) is 16.3 Å². The van der Waals surface area contributed by atoms with E-state index in [1.54, 1.807) is 11.3 Å². The summed E-state index contributed by atoms with van der Waals surface area (Å²) in [4.78, 5) is 4.41. The standard InChI is InChI=1S/C16H12ClN5OS2/c1-22-14(10-2-4-12(17)5-3-10)19-20-16(22)25-9-13-18-15(23-21-13)11-6-7-24-8-11/h2-8H,9H2,1H3. The maximum Gasteiger partial charge on any atom is 0.258 e. The molecule has 6 nitrogen and oxygen atoms in total. The highest BCUT2D eigenvalue weighted by atomic mass is 35.5. The Morgan fingerprint density at radius 3 is 2.76 bits per heavy atom. The molecule has 0 radical (unpaired) electrons. The maximum absolute atomic E-state index is 5.93. The minimum absolute atomic E-state index is 0.539. The van der Waals surface area contributed by atoms with Gasteiger partial charge in [0.15, 0.2) is 16.8 Å². The van der Waals surface area contributed by atoms with Gasteiger partial charge in [0.25, 0.3) is 5.89 Å². The van der Waals surface area contributed by atoms with E-state index in [0.29, 0.717) is 22.5 Å². The summed E-state index contributed by atoms with van der Waals surface area (Å²) in [6, 6.07) is 9.48. The fourth-order valence-electron chi connectivity index (χ4n) is 2.24. The van der Waals surface area contributed by atoms with E-state index in [9.17, 15) is 0 Å². The summed E-state index contributed by atoms with van der Waals surface area (Å²) in [6.45, 7) is 0.